The molecule has 0 aliphatic carbocycles. The molecule has 1 aromatic heterocycles. The SMILES string of the molecule is CC1(C(=O)NCCc2ccccn2)Oc2ccccc2NC1=O. The second-order valence-corrected chi connectivity index (χ2v) is 5.41. The van der Waals surface area contributed by atoms with Gasteiger partial charge in [-0.1, -0.05) is 18.2 Å². The molecule has 1 atom stereocenters. The van der Waals surface area contributed by atoms with Crippen LogP contribution in [0.5, 0.6) is 5.75 Å². The van der Waals surface area contributed by atoms with Crippen molar-refractivity contribution in [3.8, 4) is 5.75 Å². The Morgan fingerprint density at radius 3 is 2.83 bits per heavy atom. The lowest BCUT2D eigenvalue weighted by molar-refractivity contribution is -0.146. The molecule has 118 valence electrons. The number of amides is 2. The molecule has 6 heteroatoms. The van der Waals surface area contributed by atoms with Gasteiger partial charge in [0, 0.05) is 24.9 Å². The minimum absolute atomic E-state index is 0.379. The first kappa shape index (κ1) is 15.0. The van der Waals surface area contributed by atoms with Gasteiger partial charge in [0.1, 0.15) is 5.75 Å². The summed E-state index contributed by atoms with van der Waals surface area (Å²) in [5, 5.41) is 5.44. The zero-order chi connectivity index (χ0) is 16.3. The maximum absolute atomic E-state index is 12.4. The number of anilines is 1. The van der Waals surface area contributed by atoms with Gasteiger partial charge in [-0.25, -0.2) is 0 Å². The van der Waals surface area contributed by atoms with Crippen LogP contribution in [-0.4, -0.2) is 28.9 Å². The first-order valence-electron chi connectivity index (χ1n) is 7.37. The first-order chi connectivity index (χ1) is 11.1. The topological polar surface area (TPSA) is 80.3 Å². The Labute approximate surface area is 133 Å². The van der Waals surface area contributed by atoms with Crippen LogP contribution in [0, 0.1) is 0 Å². The van der Waals surface area contributed by atoms with E-state index in [0.29, 0.717) is 24.4 Å². The number of fused-ring (bicyclic) bond motifs is 1. The molecular weight excluding hydrogens is 294 g/mol. The van der Waals surface area contributed by atoms with Crippen LogP contribution >= 0.6 is 0 Å². The number of rotatable bonds is 4. The number of aromatic nitrogens is 1. The lowest BCUT2D eigenvalue weighted by Gasteiger charge is -2.33. The standard InChI is InChI=1S/C17H17N3O3/c1-17(15(21)19-11-9-12-6-4-5-10-18-12)16(22)20-13-7-2-3-8-14(13)23-17/h2-8,10H,9,11H2,1H3,(H,19,21)(H,20,22). The molecule has 1 aliphatic heterocycles. The van der Waals surface area contributed by atoms with Crippen LogP contribution in [0.2, 0.25) is 0 Å². The van der Waals surface area contributed by atoms with Crippen LogP contribution in [0.3, 0.4) is 0 Å². The third-order valence-corrected chi connectivity index (χ3v) is 3.71. The van der Waals surface area contributed by atoms with Crippen molar-refractivity contribution in [2.75, 3.05) is 11.9 Å². The van der Waals surface area contributed by atoms with E-state index in [4.69, 9.17) is 4.74 Å². The van der Waals surface area contributed by atoms with Gasteiger partial charge >= 0.3 is 0 Å². The van der Waals surface area contributed by atoms with Crippen molar-refractivity contribution in [3.05, 3.63) is 54.4 Å². The van der Waals surface area contributed by atoms with Gasteiger partial charge in [0.15, 0.2) is 0 Å². The van der Waals surface area contributed by atoms with Gasteiger partial charge < -0.3 is 15.4 Å². The molecule has 6 nitrogen and oxygen atoms in total. The van der Waals surface area contributed by atoms with Crippen LogP contribution in [0.1, 0.15) is 12.6 Å². The summed E-state index contributed by atoms with van der Waals surface area (Å²) >= 11 is 0. The Bertz CT molecular complexity index is 733. The maximum atomic E-state index is 12.4. The Balaban J connectivity index is 1.65. The number of nitrogens with zero attached hydrogens (tertiary/aromatic N) is 1. The zero-order valence-electron chi connectivity index (χ0n) is 12.7. The van der Waals surface area contributed by atoms with Gasteiger partial charge in [-0.05, 0) is 31.2 Å². The predicted molar refractivity (Wildman–Crippen MR) is 85.1 cm³/mol. The van der Waals surface area contributed by atoms with Crippen molar-refractivity contribution in [3.63, 3.8) is 0 Å². The smallest absolute Gasteiger partial charge is 0.278 e. The lowest BCUT2D eigenvalue weighted by Crippen LogP contribution is -2.58. The summed E-state index contributed by atoms with van der Waals surface area (Å²) in [4.78, 5) is 28.8. The molecule has 1 unspecified atom stereocenters. The van der Waals surface area contributed by atoms with Crippen molar-refractivity contribution >= 4 is 17.5 Å². The summed E-state index contributed by atoms with van der Waals surface area (Å²) in [7, 11) is 0. The minimum Gasteiger partial charge on any atom is -0.466 e. The van der Waals surface area contributed by atoms with Gasteiger partial charge in [0.25, 0.3) is 17.4 Å². The average Bonchev–Trinajstić information content (AvgIpc) is 2.57. The number of benzene rings is 1. The van der Waals surface area contributed by atoms with E-state index in [0.717, 1.165) is 5.69 Å². The Hall–Kier alpha value is -2.89. The highest BCUT2D eigenvalue weighted by Gasteiger charge is 2.46. The fraction of sp³-hybridized carbons (Fsp3) is 0.235. The zero-order valence-corrected chi connectivity index (χ0v) is 12.7. The number of hydrogen-bond donors (Lipinski definition) is 2. The second-order valence-electron chi connectivity index (χ2n) is 5.41. The molecule has 23 heavy (non-hydrogen) atoms. The van der Waals surface area contributed by atoms with E-state index in [-0.39, 0.29) is 0 Å². The molecule has 2 amide bonds. The summed E-state index contributed by atoms with van der Waals surface area (Å²) in [5.41, 5.74) is -0.146. The van der Waals surface area contributed by atoms with E-state index in [1.54, 1.807) is 30.5 Å². The third-order valence-electron chi connectivity index (χ3n) is 3.71. The highest BCUT2D eigenvalue weighted by atomic mass is 16.5. The molecule has 0 bridgehead atoms. The molecule has 0 saturated heterocycles. The highest BCUT2D eigenvalue weighted by Crippen LogP contribution is 2.33. The van der Waals surface area contributed by atoms with E-state index in [1.807, 2.05) is 18.2 Å². The fourth-order valence-corrected chi connectivity index (χ4v) is 2.33. The molecule has 2 heterocycles. The molecule has 2 aromatic rings. The number of pyridine rings is 1. The van der Waals surface area contributed by atoms with E-state index in [2.05, 4.69) is 15.6 Å². The van der Waals surface area contributed by atoms with E-state index >= 15 is 0 Å². The average molecular weight is 311 g/mol. The molecular formula is C17H17N3O3. The number of carbonyl (C=O) groups excluding carboxylic acids is 2. The molecule has 0 spiro atoms. The van der Waals surface area contributed by atoms with Crippen molar-refractivity contribution < 1.29 is 14.3 Å². The van der Waals surface area contributed by atoms with Gasteiger partial charge in [-0.3, -0.25) is 14.6 Å². The van der Waals surface area contributed by atoms with Gasteiger partial charge in [-0.2, -0.15) is 0 Å². The quantitative estimate of drug-likeness (QED) is 0.839. The molecule has 0 fully saturated rings. The molecule has 1 aromatic carbocycles. The van der Waals surface area contributed by atoms with Crippen LogP contribution in [0.25, 0.3) is 0 Å². The maximum Gasteiger partial charge on any atom is 0.278 e. The molecule has 1 aliphatic rings. The second kappa shape index (κ2) is 6.08. The summed E-state index contributed by atoms with van der Waals surface area (Å²) in [6, 6.07) is 12.6. The number of ether oxygens (including phenoxy) is 1. The summed E-state index contributed by atoms with van der Waals surface area (Å²) in [6.45, 7) is 1.85. The Morgan fingerprint density at radius 2 is 2.04 bits per heavy atom. The molecule has 0 saturated carbocycles. The van der Waals surface area contributed by atoms with Crippen molar-refractivity contribution in [2.24, 2.45) is 0 Å². The monoisotopic (exact) mass is 311 g/mol. The molecule has 0 radical (unpaired) electrons. The number of para-hydroxylation sites is 2. The summed E-state index contributed by atoms with van der Waals surface area (Å²) < 4.78 is 5.66. The third kappa shape index (κ3) is 3.01. The van der Waals surface area contributed by atoms with Crippen LogP contribution in [-0.2, 0) is 16.0 Å². The summed E-state index contributed by atoms with van der Waals surface area (Å²) in [5.74, 6) is -0.471. The number of hydrogen-bond acceptors (Lipinski definition) is 4. The van der Waals surface area contributed by atoms with Gasteiger partial charge in [0.2, 0.25) is 0 Å². The molecule has 2 N–H and O–H groups in total. The summed E-state index contributed by atoms with van der Waals surface area (Å²) in [6.07, 6.45) is 2.29. The van der Waals surface area contributed by atoms with E-state index < -0.39 is 17.4 Å². The normalized spacial score (nSPS) is 19.3. The van der Waals surface area contributed by atoms with Crippen LogP contribution in [0.15, 0.2) is 48.7 Å². The minimum atomic E-state index is -1.58. The van der Waals surface area contributed by atoms with Crippen molar-refractivity contribution in [2.45, 2.75) is 18.9 Å². The van der Waals surface area contributed by atoms with E-state index in [1.165, 1.54) is 6.92 Å². The van der Waals surface area contributed by atoms with Crippen molar-refractivity contribution in [1.82, 2.24) is 10.3 Å². The van der Waals surface area contributed by atoms with Gasteiger partial charge in [0.05, 0.1) is 5.69 Å². The lowest BCUT2D eigenvalue weighted by atomic mass is 10.0. The van der Waals surface area contributed by atoms with E-state index in [9.17, 15) is 9.59 Å². The van der Waals surface area contributed by atoms with Crippen LogP contribution < -0.4 is 15.4 Å². The van der Waals surface area contributed by atoms with Crippen molar-refractivity contribution in [1.29, 1.82) is 0 Å². The molecule has 3 rings (SSSR count). The first-order valence-corrected chi connectivity index (χ1v) is 7.37. The number of nitrogens with one attached hydrogen (secondary N) is 2. The predicted octanol–water partition coefficient (Wildman–Crippen LogP) is 1.53. The fourth-order valence-electron chi connectivity index (χ4n) is 2.33. The van der Waals surface area contributed by atoms with Gasteiger partial charge in [-0.15, -0.1) is 0 Å². The largest absolute Gasteiger partial charge is 0.466 e. The van der Waals surface area contributed by atoms with Crippen LogP contribution in [0.4, 0.5) is 5.69 Å². The Kier molecular flexibility index (Phi) is 3.97. The highest BCUT2D eigenvalue weighted by molar-refractivity contribution is 6.15. The Morgan fingerprint density at radius 1 is 1.26 bits per heavy atom. The number of carbonyl (C=O) groups is 2.